The fourth-order valence-electron chi connectivity index (χ4n) is 3.61. The lowest BCUT2D eigenvalue weighted by Gasteiger charge is -2.17. The Hall–Kier alpha value is -0.820. The molecule has 1 saturated heterocycles. The maximum atomic E-state index is 4.82. The average molecular weight is 470 g/mol. The standard InChI is InChI=1S/C21H34N4.HI/c1-4-22-21(23-13-17(3)19-7-5-16(2)6-8-19)24-14-18-11-12-25(15-18)20-9-10-20;/h5-8,17-18,20H,4,9-15H2,1-3H3,(H2,22,23,24);1H. The van der Waals surface area contributed by atoms with Crippen LogP contribution in [0.15, 0.2) is 29.3 Å². The summed E-state index contributed by atoms with van der Waals surface area (Å²) < 4.78 is 0. The maximum absolute atomic E-state index is 4.82. The third-order valence-corrected chi connectivity index (χ3v) is 5.45. The minimum absolute atomic E-state index is 0. The van der Waals surface area contributed by atoms with Gasteiger partial charge in [0.05, 0.1) is 0 Å². The molecule has 26 heavy (non-hydrogen) atoms. The molecule has 1 aromatic rings. The van der Waals surface area contributed by atoms with Crippen molar-refractivity contribution in [2.24, 2.45) is 10.9 Å². The molecule has 0 spiro atoms. The summed E-state index contributed by atoms with van der Waals surface area (Å²) in [6, 6.07) is 9.72. The van der Waals surface area contributed by atoms with Gasteiger partial charge in [-0.25, -0.2) is 0 Å². The summed E-state index contributed by atoms with van der Waals surface area (Å²) in [5.41, 5.74) is 2.67. The lowest BCUT2D eigenvalue weighted by atomic mass is 10.0. The number of nitrogens with zero attached hydrogens (tertiary/aromatic N) is 2. The summed E-state index contributed by atoms with van der Waals surface area (Å²) >= 11 is 0. The predicted octanol–water partition coefficient (Wildman–Crippen LogP) is 3.76. The van der Waals surface area contributed by atoms with Gasteiger partial charge < -0.3 is 15.5 Å². The molecule has 0 radical (unpaired) electrons. The van der Waals surface area contributed by atoms with Crippen LogP contribution >= 0.6 is 24.0 Å². The van der Waals surface area contributed by atoms with Crippen LogP contribution in [0.2, 0.25) is 0 Å². The van der Waals surface area contributed by atoms with Crippen molar-refractivity contribution >= 4 is 29.9 Å². The summed E-state index contributed by atoms with van der Waals surface area (Å²) in [5.74, 6) is 2.17. The number of likely N-dealkylation sites (tertiary alicyclic amines) is 1. The molecule has 3 rings (SSSR count). The average Bonchev–Trinajstić information content (AvgIpc) is 3.36. The van der Waals surface area contributed by atoms with Gasteiger partial charge in [0.25, 0.3) is 0 Å². The summed E-state index contributed by atoms with van der Waals surface area (Å²) in [7, 11) is 0. The molecule has 2 unspecified atom stereocenters. The van der Waals surface area contributed by atoms with Gasteiger partial charge in [-0.1, -0.05) is 36.8 Å². The Labute approximate surface area is 176 Å². The summed E-state index contributed by atoms with van der Waals surface area (Å²) in [5, 5.41) is 6.96. The van der Waals surface area contributed by atoms with Crippen molar-refractivity contribution in [2.45, 2.75) is 52.0 Å². The number of benzene rings is 1. The molecule has 1 heterocycles. The molecule has 1 saturated carbocycles. The smallest absolute Gasteiger partial charge is 0.191 e. The fourth-order valence-corrected chi connectivity index (χ4v) is 3.61. The van der Waals surface area contributed by atoms with E-state index in [0.29, 0.717) is 5.92 Å². The molecular weight excluding hydrogens is 435 g/mol. The van der Waals surface area contributed by atoms with Gasteiger partial charge >= 0.3 is 0 Å². The van der Waals surface area contributed by atoms with E-state index in [1.54, 1.807) is 0 Å². The Morgan fingerprint density at radius 1 is 1.19 bits per heavy atom. The number of rotatable bonds is 7. The Morgan fingerprint density at radius 2 is 1.92 bits per heavy atom. The zero-order valence-corrected chi connectivity index (χ0v) is 18.8. The predicted molar refractivity (Wildman–Crippen MR) is 122 cm³/mol. The normalized spacial score (nSPS) is 22.0. The Morgan fingerprint density at radius 3 is 2.58 bits per heavy atom. The molecule has 0 bridgehead atoms. The number of hydrogen-bond donors (Lipinski definition) is 2. The van der Waals surface area contributed by atoms with Gasteiger partial charge in [-0.15, -0.1) is 24.0 Å². The van der Waals surface area contributed by atoms with Crippen LogP contribution in [-0.2, 0) is 0 Å². The summed E-state index contributed by atoms with van der Waals surface area (Å²) in [6.07, 6.45) is 4.16. The molecule has 146 valence electrons. The lowest BCUT2D eigenvalue weighted by Crippen LogP contribution is -2.40. The fraction of sp³-hybridized carbons (Fsp3) is 0.667. The molecule has 2 fully saturated rings. The third-order valence-electron chi connectivity index (χ3n) is 5.45. The van der Waals surface area contributed by atoms with E-state index in [-0.39, 0.29) is 24.0 Å². The van der Waals surface area contributed by atoms with Gasteiger partial charge in [0, 0.05) is 38.1 Å². The van der Waals surface area contributed by atoms with E-state index in [1.165, 1.54) is 43.5 Å². The highest BCUT2D eigenvalue weighted by Gasteiger charge is 2.34. The SMILES string of the molecule is CCNC(=NCC(C)c1ccc(C)cc1)NCC1CCN(C2CC2)C1.I. The summed E-state index contributed by atoms with van der Waals surface area (Å²) in [4.78, 5) is 7.50. The second kappa shape index (κ2) is 10.5. The minimum atomic E-state index is 0. The van der Waals surface area contributed by atoms with E-state index in [4.69, 9.17) is 4.99 Å². The first-order chi connectivity index (χ1) is 12.2. The van der Waals surface area contributed by atoms with Crippen LogP contribution in [0, 0.1) is 12.8 Å². The van der Waals surface area contributed by atoms with Crippen molar-refractivity contribution < 1.29 is 0 Å². The van der Waals surface area contributed by atoms with E-state index < -0.39 is 0 Å². The van der Waals surface area contributed by atoms with Crippen LogP contribution in [0.5, 0.6) is 0 Å². The van der Waals surface area contributed by atoms with Crippen molar-refractivity contribution in [1.82, 2.24) is 15.5 Å². The van der Waals surface area contributed by atoms with Gasteiger partial charge in [0.1, 0.15) is 0 Å². The molecule has 2 aliphatic rings. The van der Waals surface area contributed by atoms with E-state index >= 15 is 0 Å². The summed E-state index contributed by atoms with van der Waals surface area (Å²) in [6.45, 7) is 11.8. The third kappa shape index (κ3) is 6.41. The molecule has 1 aliphatic heterocycles. The van der Waals surface area contributed by atoms with Gasteiger partial charge in [-0.05, 0) is 51.1 Å². The molecule has 5 heteroatoms. The molecule has 4 nitrogen and oxygen atoms in total. The van der Waals surface area contributed by atoms with Crippen molar-refractivity contribution in [3.8, 4) is 0 Å². The first kappa shape index (κ1) is 21.5. The molecule has 1 aliphatic carbocycles. The highest BCUT2D eigenvalue weighted by atomic mass is 127. The van der Waals surface area contributed by atoms with Crippen LogP contribution in [-0.4, -0.2) is 49.6 Å². The van der Waals surface area contributed by atoms with Crippen LogP contribution in [0.1, 0.15) is 50.2 Å². The Bertz CT molecular complexity index is 568. The Kier molecular flexibility index (Phi) is 8.67. The van der Waals surface area contributed by atoms with Crippen molar-refractivity contribution in [3.05, 3.63) is 35.4 Å². The zero-order valence-electron chi connectivity index (χ0n) is 16.5. The zero-order chi connectivity index (χ0) is 17.6. The van der Waals surface area contributed by atoms with E-state index in [1.807, 2.05) is 0 Å². The molecule has 0 aromatic heterocycles. The number of aryl methyl sites for hydroxylation is 1. The van der Waals surface area contributed by atoms with Crippen molar-refractivity contribution in [1.29, 1.82) is 0 Å². The largest absolute Gasteiger partial charge is 0.357 e. The Balaban J connectivity index is 0.00000243. The highest BCUT2D eigenvalue weighted by molar-refractivity contribution is 14.0. The number of nitrogens with one attached hydrogen (secondary N) is 2. The van der Waals surface area contributed by atoms with E-state index in [9.17, 15) is 0 Å². The van der Waals surface area contributed by atoms with Gasteiger partial charge in [0.2, 0.25) is 0 Å². The van der Waals surface area contributed by atoms with Crippen molar-refractivity contribution in [2.75, 3.05) is 32.7 Å². The number of aliphatic imine (C=N–C) groups is 1. The molecule has 1 aromatic carbocycles. The molecule has 0 amide bonds. The monoisotopic (exact) mass is 470 g/mol. The highest BCUT2D eigenvalue weighted by Crippen LogP contribution is 2.31. The maximum Gasteiger partial charge on any atom is 0.191 e. The van der Waals surface area contributed by atoms with Crippen LogP contribution in [0.4, 0.5) is 0 Å². The second-order valence-corrected chi connectivity index (χ2v) is 7.79. The van der Waals surface area contributed by atoms with Crippen LogP contribution in [0.3, 0.4) is 0 Å². The lowest BCUT2D eigenvalue weighted by molar-refractivity contribution is 0.314. The quantitative estimate of drug-likeness (QED) is 0.362. The van der Waals surface area contributed by atoms with Gasteiger partial charge in [0.15, 0.2) is 5.96 Å². The topological polar surface area (TPSA) is 39.7 Å². The van der Waals surface area contributed by atoms with Crippen molar-refractivity contribution in [3.63, 3.8) is 0 Å². The first-order valence-corrected chi connectivity index (χ1v) is 9.98. The number of guanidine groups is 1. The molecule has 2 N–H and O–H groups in total. The van der Waals surface area contributed by atoms with Crippen LogP contribution in [0.25, 0.3) is 0 Å². The number of hydrogen-bond acceptors (Lipinski definition) is 2. The second-order valence-electron chi connectivity index (χ2n) is 7.79. The van der Waals surface area contributed by atoms with Crippen LogP contribution < -0.4 is 10.6 Å². The number of halogens is 1. The van der Waals surface area contributed by atoms with E-state index in [2.05, 4.69) is 60.6 Å². The molecule has 2 atom stereocenters. The van der Waals surface area contributed by atoms with Gasteiger partial charge in [-0.3, -0.25) is 4.99 Å². The van der Waals surface area contributed by atoms with E-state index in [0.717, 1.165) is 37.6 Å². The van der Waals surface area contributed by atoms with Gasteiger partial charge in [-0.2, -0.15) is 0 Å². The molecular formula is C21H35IN4. The first-order valence-electron chi connectivity index (χ1n) is 9.98. The minimum Gasteiger partial charge on any atom is -0.357 e.